The van der Waals surface area contributed by atoms with Gasteiger partial charge < -0.3 is 16.0 Å². The predicted molar refractivity (Wildman–Crippen MR) is 75.1 cm³/mol. The van der Waals surface area contributed by atoms with E-state index < -0.39 is 5.91 Å². The average Bonchev–Trinajstić information content (AvgIpc) is 3.07. The molecule has 0 spiro atoms. The van der Waals surface area contributed by atoms with Gasteiger partial charge in [-0.1, -0.05) is 13.3 Å². The van der Waals surface area contributed by atoms with Gasteiger partial charge in [0.1, 0.15) is 0 Å². The first-order chi connectivity index (χ1) is 9.63. The summed E-state index contributed by atoms with van der Waals surface area (Å²) in [4.78, 5) is 25.5. The van der Waals surface area contributed by atoms with Crippen LogP contribution in [0.15, 0.2) is 0 Å². The first-order valence-electron chi connectivity index (χ1n) is 7.02. The maximum absolute atomic E-state index is 12.0. The van der Waals surface area contributed by atoms with Crippen LogP contribution in [-0.2, 0) is 11.2 Å². The first kappa shape index (κ1) is 14.4. The van der Waals surface area contributed by atoms with Gasteiger partial charge in [-0.2, -0.15) is 5.10 Å². The molecule has 1 aliphatic rings. The highest BCUT2D eigenvalue weighted by Crippen LogP contribution is 2.15. The van der Waals surface area contributed by atoms with Gasteiger partial charge in [0.2, 0.25) is 5.91 Å². The fourth-order valence-electron chi connectivity index (χ4n) is 2.32. The fourth-order valence-corrected chi connectivity index (χ4v) is 2.32. The highest BCUT2D eigenvalue weighted by atomic mass is 16.2. The molecule has 0 unspecified atom stereocenters. The second-order valence-corrected chi connectivity index (χ2v) is 4.99. The number of anilines is 1. The number of aryl methyl sites for hydroxylation is 1. The Bertz CT molecular complexity index is 491. The minimum atomic E-state index is -0.409. The molecule has 7 heteroatoms. The summed E-state index contributed by atoms with van der Waals surface area (Å²) in [6.07, 6.45) is 3.73. The van der Waals surface area contributed by atoms with Gasteiger partial charge in [-0.25, -0.2) is 0 Å². The number of hydrogen-bond donors (Lipinski definition) is 3. The lowest BCUT2D eigenvalue weighted by Gasteiger charge is -2.15. The van der Waals surface area contributed by atoms with Gasteiger partial charge in [-0.3, -0.25) is 14.7 Å². The monoisotopic (exact) mass is 279 g/mol. The summed E-state index contributed by atoms with van der Waals surface area (Å²) in [5, 5.41) is 9.27. The lowest BCUT2D eigenvalue weighted by atomic mass is 10.2. The van der Waals surface area contributed by atoms with E-state index in [-0.39, 0.29) is 18.1 Å². The molecule has 20 heavy (non-hydrogen) atoms. The summed E-state index contributed by atoms with van der Waals surface area (Å²) in [5.41, 5.74) is 7.18. The van der Waals surface area contributed by atoms with Crippen LogP contribution in [-0.4, -0.2) is 46.5 Å². The van der Waals surface area contributed by atoms with Gasteiger partial charge >= 0.3 is 0 Å². The number of hydrogen-bond acceptors (Lipinski definition) is 4. The summed E-state index contributed by atoms with van der Waals surface area (Å²) < 4.78 is 0. The zero-order valence-electron chi connectivity index (χ0n) is 11.7. The van der Waals surface area contributed by atoms with Crippen molar-refractivity contribution in [1.29, 1.82) is 0 Å². The highest BCUT2D eigenvalue weighted by Gasteiger charge is 2.21. The molecule has 1 aromatic heterocycles. The van der Waals surface area contributed by atoms with Gasteiger partial charge in [0.15, 0.2) is 5.69 Å². The zero-order chi connectivity index (χ0) is 14.5. The highest BCUT2D eigenvalue weighted by molar-refractivity contribution is 5.99. The van der Waals surface area contributed by atoms with E-state index in [2.05, 4.69) is 15.5 Å². The number of carbonyl (C=O) groups excluding carboxylic acids is 2. The van der Waals surface area contributed by atoms with Crippen molar-refractivity contribution in [1.82, 2.24) is 20.4 Å². The minimum absolute atomic E-state index is 0.00571. The van der Waals surface area contributed by atoms with E-state index in [1.165, 1.54) is 0 Å². The third-order valence-electron chi connectivity index (χ3n) is 3.46. The van der Waals surface area contributed by atoms with Crippen molar-refractivity contribution in [2.45, 2.75) is 32.6 Å². The number of amides is 2. The molecule has 0 saturated carbocycles. The molecule has 1 aromatic rings. The third-order valence-corrected chi connectivity index (χ3v) is 3.46. The molecule has 2 heterocycles. The lowest BCUT2D eigenvalue weighted by Crippen LogP contribution is -2.38. The van der Waals surface area contributed by atoms with Crippen molar-refractivity contribution >= 4 is 17.5 Å². The number of nitrogens with zero attached hydrogens (tertiary/aromatic N) is 2. The Morgan fingerprint density at radius 2 is 2.10 bits per heavy atom. The normalized spacial score (nSPS) is 14.6. The van der Waals surface area contributed by atoms with Crippen LogP contribution in [0.4, 0.5) is 5.69 Å². The van der Waals surface area contributed by atoms with Crippen molar-refractivity contribution in [3.05, 3.63) is 11.4 Å². The van der Waals surface area contributed by atoms with E-state index in [1.54, 1.807) is 4.90 Å². The molecule has 0 atom stereocenters. The summed E-state index contributed by atoms with van der Waals surface area (Å²) >= 11 is 0. The third kappa shape index (κ3) is 3.09. The van der Waals surface area contributed by atoms with E-state index in [4.69, 9.17) is 5.73 Å². The topological polar surface area (TPSA) is 104 Å². The molecule has 4 N–H and O–H groups in total. The summed E-state index contributed by atoms with van der Waals surface area (Å²) in [6.45, 7) is 3.57. The number of likely N-dealkylation sites (tertiary alicyclic amines) is 1. The van der Waals surface area contributed by atoms with Crippen LogP contribution in [0.3, 0.4) is 0 Å². The fraction of sp³-hybridized carbons (Fsp3) is 0.615. The molecule has 1 saturated heterocycles. The molecule has 1 fully saturated rings. The van der Waals surface area contributed by atoms with E-state index in [0.717, 1.165) is 44.5 Å². The van der Waals surface area contributed by atoms with Crippen LogP contribution in [0.2, 0.25) is 0 Å². The molecule has 0 aliphatic carbocycles. The lowest BCUT2D eigenvalue weighted by molar-refractivity contribution is -0.129. The smallest absolute Gasteiger partial charge is 0.274 e. The molecule has 0 aromatic carbocycles. The number of carbonyl (C=O) groups is 2. The summed E-state index contributed by atoms with van der Waals surface area (Å²) in [5.74, 6) is -0.465. The van der Waals surface area contributed by atoms with Crippen molar-refractivity contribution in [3.8, 4) is 0 Å². The molecular formula is C13H21N5O2. The van der Waals surface area contributed by atoms with Crippen LogP contribution in [0.25, 0.3) is 0 Å². The van der Waals surface area contributed by atoms with Gasteiger partial charge in [-0.05, 0) is 19.3 Å². The Hall–Kier alpha value is -2.05. The molecule has 110 valence electrons. The van der Waals surface area contributed by atoms with Crippen molar-refractivity contribution < 1.29 is 9.59 Å². The Balaban J connectivity index is 1.89. The molecule has 0 bridgehead atoms. The zero-order valence-corrected chi connectivity index (χ0v) is 11.7. The Morgan fingerprint density at radius 3 is 2.75 bits per heavy atom. The van der Waals surface area contributed by atoms with Gasteiger partial charge in [-0.15, -0.1) is 0 Å². The number of nitrogens with two attached hydrogens (primary N) is 1. The van der Waals surface area contributed by atoms with Crippen LogP contribution in [0.5, 0.6) is 0 Å². The van der Waals surface area contributed by atoms with E-state index >= 15 is 0 Å². The molecule has 1 aliphatic heterocycles. The van der Waals surface area contributed by atoms with Crippen LogP contribution in [0, 0.1) is 0 Å². The van der Waals surface area contributed by atoms with E-state index in [0.29, 0.717) is 5.69 Å². The van der Waals surface area contributed by atoms with Crippen LogP contribution in [0.1, 0.15) is 42.4 Å². The summed E-state index contributed by atoms with van der Waals surface area (Å²) in [7, 11) is 0. The van der Waals surface area contributed by atoms with E-state index in [9.17, 15) is 9.59 Å². The second kappa shape index (κ2) is 6.40. The second-order valence-electron chi connectivity index (χ2n) is 4.99. The van der Waals surface area contributed by atoms with Gasteiger partial charge in [0.25, 0.3) is 5.91 Å². The first-order valence-corrected chi connectivity index (χ1v) is 7.02. The standard InChI is InChI=1S/C13H21N5O2/c1-2-5-9-11(14)12(17-16-9)13(20)15-8-10(19)18-6-3-4-7-18/h2-8,14H2,1H3,(H,15,20)(H,16,17). The van der Waals surface area contributed by atoms with Gasteiger partial charge in [0, 0.05) is 13.1 Å². The van der Waals surface area contributed by atoms with Crippen molar-refractivity contribution in [2.75, 3.05) is 25.4 Å². The summed E-state index contributed by atoms with van der Waals surface area (Å²) in [6, 6.07) is 0. The minimum Gasteiger partial charge on any atom is -0.395 e. The maximum Gasteiger partial charge on any atom is 0.274 e. The Kier molecular flexibility index (Phi) is 4.60. The SMILES string of the molecule is CCCc1[nH]nc(C(=O)NCC(=O)N2CCCC2)c1N. The molecule has 7 nitrogen and oxygen atoms in total. The average molecular weight is 279 g/mol. The number of H-pyrrole nitrogens is 1. The molecule has 0 radical (unpaired) electrons. The largest absolute Gasteiger partial charge is 0.395 e. The van der Waals surface area contributed by atoms with Crippen LogP contribution >= 0.6 is 0 Å². The Labute approximate surface area is 117 Å². The van der Waals surface area contributed by atoms with Crippen LogP contribution < -0.4 is 11.1 Å². The quantitative estimate of drug-likeness (QED) is 0.721. The van der Waals surface area contributed by atoms with Crippen molar-refractivity contribution in [2.24, 2.45) is 0 Å². The predicted octanol–water partition coefficient (Wildman–Crippen LogP) is 0.297. The Morgan fingerprint density at radius 1 is 1.40 bits per heavy atom. The van der Waals surface area contributed by atoms with Gasteiger partial charge in [0.05, 0.1) is 17.9 Å². The number of nitrogens with one attached hydrogen (secondary N) is 2. The number of aromatic amines is 1. The molecule has 2 amide bonds. The maximum atomic E-state index is 12.0. The number of rotatable bonds is 5. The molecule has 2 rings (SSSR count). The van der Waals surface area contributed by atoms with Crippen molar-refractivity contribution in [3.63, 3.8) is 0 Å². The number of nitrogen functional groups attached to an aromatic ring is 1. The number of aromatic nitrogens is 2. The molecular weight excluding hydrogens is 258 g/mol. The van der Waals surface area contributed by atoms with E-state index in [1.807, 2.05) is 6.92 Å².